The topological polar surface area (TPSA) is 20.2 Å². The monoisotopic (exact) mass is 240 g/mol. The van der Waals surface area contributed by atoms with Crippen LogP contribution in [0, 0.1) is 24.2 Å². The van der Waals surface area contributed by atoms with E-state index in [1.807, 2.05) is 12.1 Å². The quantitative estimate of drug-likeness (QED) is 0.619. The number of hydrogen-bond donors (Lipinski definition) is 1. The highest BCUT2D eigenvalue weighted by atomic mass is 16.3. The van der Waals surface area contributed by atoms with E-state index in [0.29, 0.717) is 0 Å². The van der Waals surface area contributed by atoms with E-state index in [4.69, 9.17) is 6.42 Å². The minimum atomic E-state index is -0.974. The molecule has 1 rings (SSSR count). The fourth-order valence-electron chi connectivity index (χ4n) is 1.75. The number of aliphatic hydroxyl groups is 1. The Bertz CT molecular complexity index is 456. The summed E-state index contributed by atoms with van der Waals surface area (Å²) in [7, 11) is 0. The lowest BCUT2D eigenvalue weighted by Crippen LogP contribution is -1.96. The minimum absolute atomic E-state index is 0.914. The lowest BCUT2D eigenvalue weighted by molar-refractivity contribution is 0.290. The molecule has 1 unspecified atom stereocenters. The molecular formula is C17H20O. The van der Waals surface area contributed by atoms with Crippen molar-refractivity contribution in [3.63, 3.8) is 0 Å². The molecule has 1 N–H and O–H groups in total. The smallest absolute Gasteiger partial charge is 0.176 e. The lowest BCUT2D eigenvalue weighted by atomic mass is 10.0. The first-order valence-corrected chi connectivity index (χ1v) is 6.51. The van der Waals surface area contributed by atoms with Crippen molar-refractivity contribution in [1.82, 2.24) is 0 Å². The first kappa shape index (κ1) is 14.4. The Morgan fingerprint density at radius 1 is 1.28 bits per heavy atom. The molecule has 0 radical (unpaired) electrons. The molecular weight excluding hydrogens is 220 g/mol. The maximum atomic E-state index is 9.18. The fraction of sp³-hybridized carbons (Fsp3) is 0.412. The predicted molar refractivity (Wildman–Crippen MR) is 76.0 cm³/mol. The Hall–Kier alpha value is -1.70. The van der Waals surface area contributed by atoms with Crippen LogP contribution in [0.5, 0.6) is 0 Å². The summed E-state index contributed by atoms with van der Waals surface area (Å²) in [5, 5.41) is 9.18. The Morgan fingerprint density at radius 3 is 2.83 bits per heavy atom. The van der Waals surface area contributed by atoms with Crippen molar-refractivity contribution >= 4 is 0 Å². The molecule has 0 amide bonds. The third-order valence-electron chi connectivity index (χ3n) is 2.76. The Morgan fingerprint density at radius 2 is 2.11 bits per heavy atom. The largest absolute Gasteiger partial charge is 0.369 e. The zero-order valence-corrected chi connectivity index (χ0v) is 10.9. The number of unbranched alkanes of at least 4 members (excludes halogenated alkanes) is 3. The number of aliphatic hydroxyl groups excluding tert-OH is 1. The molecule has 0 bridgehead atoms. The van der Waals surface area contributed by atoms with Gasteiger partial charge in [-0.05, 0) is 30.5 Å². The van der Waals surface area contributed by atoms with Gasteiger partial charge in [-0.2, -0.15) is 0 Å². The van der Waals surface area contributed by atoms with Gasteiger partial charge in [0.1, 0.15) is 0 Å². The number of aryl methyl sites for hydroxylation is 1. The standard InChI is InChI=1S/C17H20O/c1-3-5-6-7-9-15-10-8-11-16(14-15)12-13-17(18)4-2/h2,8,10-11,14,17-18H,3,5-7,9H2,1H3. The van der Waals surface area contributed by atoms with Crippen molar-refractivity contribution in [2.24, 2.45) is 0 Å². The summed E-state index contributed by atoms with van der Waals surface area (Å²) in [5.41, 5.74) is 2.21. The first-order chi connectivity index (χ1) is 8.76. The van der Waals surface area contributed by atoms with Crippen LogP contribution < -0.4 is 0 Å². The van der Waals surface area contributed by atoms with Crippen LogP contribution in [0.1, 0.15) is 43.7 Å². The first-order valence-electron chi connectivity index (χ1n) is 6.51. The molecule has 1 nitrogen and oxygen atoms in total. The van der Waals surface area contributed by atoms with Gasteiger partial charge in [0.25, 0.3) is 0 Å². The van der Waals surface area contributed by atoms with Gasteiger partial charge in [0.15, 0.2) is 6.10 Å². The van der Waals surface area contributed by atoms with Crippen molar-refractivity contribution < 1.29 is 5.11 Å². The highest BCUT2D eigenvalue weighted by molar-refractivity contribution is 5.38. The van der Waals surface area contributed by atoms with Gasteiger partial charge in [0.2, 0.25) is 0 Å². The van der Waals surface area contributed by atoms with Crippen molar-refractivity contribution in [3.05, 3.63) is 35.4 Å². The Balaban J connectivity index is 2.56. The molecule has 1 aromatic carbocycles. The van der Waals surface area contributed by atoms with Crippen LogP contribution in [-0.2, 0) is 6.42 Å². The van der Waals surface area contributed by atoms with Crippen LogP contribution in [0.15, 0.2) is 24.3 Å². The summed E-state index contributed by atoms with van der Waals surface area (Å²) >= 11 is 0. The third-order valence-corrected chi connectivity index (χ3v) is 2.76. The highest BCUT2D eigenvalue weighted by Crippen LogP contribution is 2.09. The van der Waals surface area contributed by atoms with Crippen molar-refractivity contribution in [3.8, 4) is 24.2 Å². The van der Waals surface area contributed by atoms with E-state index < -0.39 is 6.10 Å². The van der Waals surface area contributed by atoms with E-state index in [9.17, 15) is 5.11 Å². The second kappa shape index (κ2) is 8.40. The fourth-order valence-corrected chi connectivity index (χ4v) is 1.75. The molecule has 18 heavy (non-hydrogen) atoms. The molecule has 0 spiro atoms. The summed E-state index contributed by atoms with van der Waals surface area (Å²) in [6.45, 7) is 2.22. The van der Waals surface area contributed by atoms with E-state index in [1.54, 1.807) is 0 Å². The summed E-state index contributed by atoms with van der Waals surface area (Å²) in [6, 6.07) is 8.13. The minimum Gasteiger partial charge on any atom is -0.369 e. The van der Waals surface area contributed by atoms with Gasteiger partial charge in [0.05, 0.1) is 0 Å². The zero-order chi connectivity index (χ0) is 13.2. The van der Waals surface area contributed by atoms with E-state index in [2.05, 4.69) is 36.8 Å². The van der Waals surface area contributed by atoms with Crippen molar-refractivity contribution in [2.45, 2.75) is 45.1 Å². The van der Waals surface area contributed by atoms with E-state index >= 15 is 0 Å². The van der Waals surface area contributed by atoms with E-state index in [-0.39, 0.29) is 0 Å². The van der Waals surface area contributed by atoms with Crippen molar-refractivity contribution in [1.29, 1.82) is 0 Å². The highest BCUT2D eigenvalue weighted by Gasteiger charge is 1.95. The average Bonchev–Trinajstić information content (AvgIpc) is 2.41. The molecule has 0 aliphatic carbocycles. The summed E-state index contributed by atoms with van der Waals surface area (Å²) < 4.78 is 0. The maximum Gasteiger partial charge on any atom is 0.176 e. The van der Waals surface area contributed by atoms with Gasteiger partial charge in [-0.15, -0.1) is 6.42 Å². The van der Waals surface area contributed by atoms with Crippen LogP contribution >= 0.6 is 0 Å². The van der Waals surface area contributed by atoms with E-state index in [1.165, 1.54) is 31.2 Å². The van der Waals surface area contributed by atoms with E-state index in [0.717, 1.165) is 12.0 Å². The summed E-state index contributed by atoms with van der Waals surface area (Å²) in [5.74, 6) is 7.70. The molecule has 0 aromatic heterocycles. The molecule has 0 fully saturated rings. The second-order valence-electron chi connectivity index (χ2n) is 4.35. The number of benzene rings is 1. The molecule has 1 aromatic rings. The zero-order valence-electron chi connectivity index (χ0n) is 10.9. The number of terminal acetylenes is 1. The molecule has 0 saturated heterocycles. The molecule has 0 aliphatic heterocycles. The van der Waals surface area contributed by atoms with Crippen LogP contribution in [0.25, 0.3) is 0 Å². The van der Waals surface area contributed by atoms with Gasteiger partial charge in [0, 0.05) is 5.56 Å². The van der Waals surface area contributed by atoms with Gasteiger partial charge in [-0.1, -0.05) is 56.1 Å². The lowest BCUT2D eigenvalue weighted by Gasteiger charge is -2.01. The van der Waals surface area contributed by atoms with Crippen LogP contribution in [0.3, 0.4) is 0 Å². The molecule has 94 valence electrons. The van der Waals surface area contributed by atoms with Crippen LogP contribution in [0.4, 0.5) is 0 Å². The summed E-state index contributed by atoms with van der Waals surface area (Å²) in [4.78, 5) is 0. The SMILES string of the molecule is C#CC(O)C#Cc1cccc(CCCCCC)c1. The van der Waals surface area contributed by atoms with Gasteiger partial charge in [-0.3, -0.25) is 0 Å². The number of rotatable bonds is 5. The number of hydrogen-bond acceptors (Lipinski definition) is 1. The molecule has 0 aliphatic rings. The Labute approximate surface area is 110 Å². The third kappa shape index (κ3) is 5.58. The van der Waals surface area contributed by atoms with Crippen molar-refractivity contribution in [2.75, 3.05) is 0 Å². The molecule has 0 heterocycles. The average molecular weight is 240 g/mol. The van der Waals surface area contributed by atoms with Gasteiger partial charge >= 0.3 is 0 Å². The molecule has 1 atom stereocenters. The van der Waals surface area contributed by atoms with Gasteiger partial charge in [-0.25, -0.2) is 0 Å². The predicted octanol–water partition coefficient (Wildman–Crippen LogP) is 3.16. The maximum absolute atomic E-state index is 9.18. The molecule has 0 saturated carbocycles. The second-order valence-corrected chi connectivity index (χ2v) is 4.35. The normalized spacial score (nSPS) is 11.2. The molecule has 1 heteroatoms. The van der Waals surface area contributed by atoms with Crippen LogP contribution in [-0.4, -0.2) is 11.2 Å². The Kier molecular flexibility index (Phi) is 6.70. The van der Waals surface area contributed by atoms with Crippen LogP contribution in [0.2, 0.25) is 0 Å². The van der Waals surface area contributed by atoms with Gasteiger partial charge < -0.3 is 5.11 Å². The summed E-state index contributed by atoms with van der Waals surface area (Å²) in [6.07, 6.45) is 10.2.